The highest BCUT2D eigenvalue weighted by Crippen LogP contribution is 2.25. The molecule has 1 aliphatic heterocycles. The zero-order valence-corrected chi connectivity index (χ0v) is 11.5. The molecule has 1 aliphatic rings. The first-order valence-corrected chi connectivity index (χ1v) is 6.41. The zero-order chi connectivity index (χ0) is 11.7. The number of hydrogen-bond acceptors (Lipinski definition) is 2. The lowest BCUT2D eigenvalue weighted by Crippen LogP contribution is -2.13. The van der Waals surface area contributed by atoms with Crippen LogP contribution in [0.2, 0.25) is 5.02 Å². The van der Waals surface area contributed by atoms with E-state index in [1.54, 1.807) is 0 Å². The second kappa shape index (κ2) is 4.76. The van der Waals surface area contributed by atoms with Crippen LogP contribution in [0.15, 0.2) is 27.7 Å². The van der Waals surface area contributed by atoms with Crippen molar-refractivity contribution < 1.29 is 4.74 Å². The first-order chi connectivity index (χ1) is 7.58. The lowest BCUT2D eigenvalue weighted by atomic mass is 10.1. The van der Waals surface area contributed by atoms with E-state index in [1.165, 1.54) is 0 Å². The van der Waals surface area contributed by atoms with Gasteiger partial charge in [0.15, 0.2) is 0 Å². The summed E-state index contributed by atoms with van der Waals surface area (Å²) >= 11 is 9.52. The van der Waals surface area contributed by atoms with Gasteiger partial charge >= 0.3 is 0 Å². The Morgan fingerprint density at radius 3 is 2.81 bits per heavy atom. The van der Waals surface area contributed by atoms with Gasteiger partial charge in [-0.1, -0.05) is 41.4 Å². The Hall–Kier alpha value is -0.540. The van der Waals surface area contributed by atoms with Crippen LogP contribution < -0.4 is 0 Å². The highest BCUT2D eigenvalue weighted by atomic mass is 79.9. The molecule has 1 aromatic rings. The molecule has 0 aromatic heterocycles. The normalized spacial score (nSPS) is 19.8. The minimum Gasteiger partial charge on any atom is -0.475 e. The molecule has 86 valence electrons. The highest BCUT2D eigenvalue weighted by molar-refractivity contribution is 9.10. The Labute approximate surface area is 109 Å². The summed E-state index contributed by atoms with van der Waals surface area (Å²) in [5, 5.41) is 0.664. The van der Waals surface area contributed by atoms with Gasteiger partial charge in [0, 0.05) is 4.47 Å². The zero-order valence-electron chi connectivity index (χ0n) is 9.21. The van der Waals surface area contributed by atoms with Gasteiger partial charge in [-0.2, -0.15) is 0 Å². The number of benzene rings is 1. The second-order valence-electron chi connectivity index (χ2n) is 4.18. The minimum absolute atomic E-state index is 0.245. The maximum absolute atomic E-state index is 6.15. The summed E-state index contributed by atoms with van der Waals surface area (Å²) in [6, 6.07) is 5.96. The van der Waals surface area contributed by atoms with E-state index in [0.29, 0.717) is 23.4 Å². The molecule has 0 saturated carbocycles. The van der Waals surface area contributed by atoms with Gasteiger partial charge in [-0.15, -0.1) is 0 Å². The van der Waals surface area contributed by atoms with Crippen LogP contribution in [0.3, 0.4) is 0 Å². The lowest BCUT2D eigenvalue weighted by Gasteiger charge is -2.06. The molecule has 0 bridgehead atoms. The van der Waals surface area contributed by atoms with Gasteiger partial charge in [0.25, 0.3) is 0 Å². The molecule has 2 nitrogen and oxygen atoms in total. The molecule has 1 aromatic carbocycles. The van der Waals surface area contributed by atoms with Crippen LogP contribution in [0, 0.1) is 5.92 Å². The molecular formula is C12H13BrClNO. The van der Waals surface area contributed by atoms with Crippen molar-refractivity contribution in [3.05, 3.63) is 33.3 Å². The standard InChI is InChI=1S/C12H13BrClNO/c1-7(2)11-6-16-12(15-11)9-4-3-8(13)5-10(9)14/h3-5,7,11H,6H2,1-2H3/t11-/m1/s1. The van der Waals surface area contributed by atoms with Crippen molar-refractivity contribution >= 4 is 33.4 Å². The van der Waals surface area contributed by atoms with Crippen LogP contribution >= 0.6 is 27.5 Å². The molecule has 1 heterocycles. The molecule has 0 N–H and O–H groups in total. The van der Waals surface area contributed by atoms with Crippen LogP contribution in [0.4, 0.5) is 0 Å². The van der Waals surface area contributed by atoms with E-state index < -0.39 is 0 Å². The summed E-state index contributed by atoms with van der Waals surface area (Å²) in [6.45, 7) is 4.94. The molecule has 1 atom stereocenters. The van der Waals surface area contributed by atoms with E-state index in [9.17, 15) is 0 Å². The van der Waals surface area contributed by atoms with E-state index in [1.807, 2.05) is 18.2 Å². The van der Waals surface area contributed by atoms with E-state index in [2.05, 4.69) is 34.8 Å². The van der Waals surface area contributed by atoms with Crippen LogP contribution in [-0.4, -0.2) is 18.5 Å². The first-order valence-electron chi connectivity index (χ1n) is 5.24. The predicted molar refractivity (Wildman–Crippen MR) is 70.3 cm³/mol. The Bertz CT molecular complexity index is 431. The van der Waals surface area contributed by atoms with Crippen molar-refractivity contribution in [2.75, 3.05) is 6.61 Å². The Kier molecular flexibility index (Phi) is 3.55. The molecule has 4 heteroatoms. The second-order valence-corrected chi connectivity index (χ2v) is 5.50. The van der Waals surface area contributed by atoms with E-state index in [-0.39, 0.29) is 6.04 Å². The van der Waals surface area contributed by atoms with Crippen molar-refractivity contribution in [1.29, 1.82) is 0 Å². The van der Waals surface area contributed by atoms with Crippen molar-refractivity contribution in [2.24, 2.45) is 10.9 Å². The van der Waals surface area contributed by atoms with Gasteiger partial charge in [0.1, 0.15) is 6.61 Å². The van der Waals surface area contributed by atoms with Gasteiger partial charge in [-0.25, -0.2) is 4.99 Å². The average Bonchev–Trinajstić information content (AvgIpc) is 2.66. The number of ether oxygens (including phenoxy) is 1. The summed E-state index contributed by atoms with van der Waals surface area (Å²) in [5.74, 6) is 1.16. The largest absolute Gasteiger partial charge is 0.475 e. The van der Waals surface area contributed by atoms with Crippen LogP contribution in [0.5, 0.6) is 0 Å². The van der Waals surface area contributed by atoms with Gasteiger partial charge < -0.3 is 4.74 Å². The van der Waals surface area contributed by atoms with Crippen LogP contribution in [-0.2, 0) is 4.74 Å². The minimum atomic E-state index is 0.245. The molecule has 0 amide bonds. The average molecular weight is 303 g/mol. The highest BCUT2D eigenvalue weighted by Gasteiger charge is 2.23. The number of hydrogen-bond donors (Lipinski definition) is 0. The summed E-state index contributed by atoms with van der Waals surface area (Å²) in [6.07, 6.45) is 0. The number of aliphatic imine (C=N–C) groups is 1. The first kappa shape index (κ1) is 11.9. The SMILES string of the molecule is CC(C)[C@H]1COC(c2ccc(Br)cc2Cl)=N1. The van der Waals surface area contributed by atoms with E-state index in [0.717, 1.165) is 10.0 Å². The molecule has 0 radical (unpaired) electrons. The predicted octanol–water partition coefficient (Wildman–Crippen LogP) is 3.90. The molecule has 0 fully saturated rings. The van der Waals surface area contributed by atoms with Crippen LogP contribution in [0.1, 0.15) is 19.4 Å². The maximum atomic E-state index is 6.15. The number of halogens is 2. The molecule has 0 unspecified atom stereocenters. The summed E-state index contributed by atoms with van der Waals surface area (Å²) < 4.78 is 6.54. The number of nitrogens with zero attached hydrogens (tertiary/aromatic N) is 1. The van der Waals surface area contributed by atoms with Gasteiger partial charge in [0.05, 0.1) is 16.6 Å². The molecule has 0 spiro atoms. The van der Waals surface area contributed by atoms with E-state index in [4.69, 9.17) is 16.3 Å². The van der Waals surface area contributed by atoms with Gasteiger partial charge in [-0.3, -0.25) is 0 Å². The molecule has 2 rings (SSSR count). The van der Waals surface area contributed by atoms with Crippen molar-refractivity contribution in [1.82, 2.24) is 0 Å². The fourth-order valence-electron chi connectivity index (χ4n) is 1.54. The quantitative estimate of drug-likeness (QED) is 0.812. The third-order valence-corrected chi connectivity index (χ3v) is 3.41. The molecular weight excluding hydrogens is 289 g/mol. The molecule has 0 aliphatic carbocycles. The maximum Gasteiger partial charge on any atom is 0.218 e. The number of rotatable bonds is 2. The molecule has 0 saturated heterocycles. The smallest absolute Gasteiger partial charge is 0.218 e. The lowest BCUT2D eigenvalue weighted by molar-refractivity contribution is 0.292. The van der Waals surface area contributed by atoms with Crippen molar-refractivity contribution in [3.63, 3.8) is 0 Å². The van der Waals surface area contributed by atoms with Crippen molar-refractivity contribution in [3.8, 4) is 0 Å². The Balaban J connectivity index is 2.29. The van der Waals surface area contributed by atoms with Crippen LogP contribution in [0.25, 0.3) is 0 Å². The van der Waals surface area contributed by atoms with Crippen molar-refractivity contribution in [2.45, 2.75) is 19.9 Å². The van der Waals surface area contributed by atoms with E-state index >= 15 is 0 Å². The Morgan fingerprint density at radius 2 is 2.25 bits per heavy atom. The third-order valence-electron chi connectivity index (χ3n) is 2.60. The summed E-state index contributed by atoms with van der Waals surface area (Å²) in [7, 11) is 0. The van der Waals surface area contributed by atoms with Gasteiger partial charge in [0.2, 0.25) is 5.90 Å². The summed E-state index contributed by atoms with van der Waals surface area (Å²) in [4.78, 5) is 4.54. The Morgan fingerprint density at radius 1 is 1.50 bits per heavy atom. The fraction of sp³-hybridized carbons (Fsp3) is 0.417. The third kappa shape index (κ3) is 2.41. The van der Waals surface area contributed by atoms with Gasteiger partial charge in [-0.05, 0) is 24.1 Å². The molecule has 16 heavy (non-hydrogen) atoms. The fourth-order valence-corrected chi connectivity index (χ4v) is 2.30. The summed E-state index contributed by atoms with van der Waals surface area (Å²) in [5.41, 5.74) is 0.869. The topological polar surface area (TPSA) is 21.6 Å². The monoisotopic (exact) mass is 301 g/mol.